The number of rotatable bonds is 8. The van der Waals surface area contributed by atoms with E-state index in [-0.39, 0.29) is 17.4 Å². The number of thioether (sulfide) groups is 1. The van der Waals surface area contributed by atoms with Gasteiger partial charge in [-0.2, -0.15) is 5.10 Å². The van der Waals surface area contributed by atoms with Crippen molar-refractivity contribution in [1.82, 2.24) is 25.2 Å². The third-order valence-corrected chi connectivity index (χ3v) is 5.78. The van der Waals surface area contributed by atoms with E-state index in [9.17, 15) is 9.90 Å². The second kappa shape index (κ2) is 10.8. The number of benzene rings is 2. The summed E-state index contributed by atoms with van der Waals surface area (Å²) < 4.78 is 6.92. The van der Waals surface area contributed by atoms with Gasteiger partial charge in [0.1, 0.15) is 0 Å². The summed E-state index contributed by atoms with van der Waals surface area (Å²) in [6.07, 6.45) is 4.82. The molecule has 172 valence electrons. The Morgan fingerprint density at radius 1 is 1.18 bits per heavy atom. The fourth-order valence-electron chi connectivity index (χ4n) is 2.99. The fraction of sp³-hybridized carbons (Fsp3) is 0.0870. The van der Waals surface area contributed by atoms with Gasteiger partial charge < -0.3 is 9.84 Å². The molecular weight excluding hydrogens is 476 g/mol. The molecule has 4 aromatic rings. The number of methoxy groups -OCH3 is 1. The molecule has 4 rings (SSSR count). The summed E-state index contributed by atoms with van der Waals surface area (Å²) in [5.74, 6) is 0.710. The van der Waals surface area contributed by atoms with Gasteiger partial charge in [0.15, 0.2) is 22.5 Å². The number of nitrogens with one attached hydrogen (secondary N) is 1. The van der Waals surface area contributed by atoms with Gasteiger partial charge in [-0.25, -0.2) is 5.43 Å². The zero-order valence-electron chi connectivity index (χ0n) is 17.9. The van der Waals surface area contributed by atoms with E-state index in [1.807, 2.05) is 28.8 Å². The maximum Gasteiger partial charge on any atom is 0.250 e. The number of halogens is 1. The van der Waals surface area contributed by atoms with Crippen molar-refractivity contribution in [3.8, 4) is 28.6 Å². The molecule has 0 fully saturated rings. The molecule has 11 heteroatoms. The van der Waals surface area contributed by atoms with Gasteiger partial charge in [-0.3, -0.25) is 14.3 Å². The molecule has 0 aliphatic rings. The molecule has 0 bridgehead atoms. The second-order valence-corrected chi connectivity index (χ2v) is 8.25. The van der Waals surface area contributed by atoms with Gasteiger partial charge >= 0.3 is 0 Å². The number of hydrazone groups is 1. The van der Waals surface area contributed by atoms with Crippen LogP contribution >= 0.6 is 23.4 Å². The Morgan fingerprint density at radius 3 is 2.68 bits per heavy atom. The van der Waals surface area contributed by atoms with Crippen LogP contribution in [0.1, 0.15) is 5.56 Å². The molecule has 0 radical (unpaired) electrons. The third-order valence-electron chi connectivity index (χ3n) is 4.60. The van der Waals surface area contributed by atoms with Crippen LogP contribution in [0.4, 0.5) is 0 Å². The summed E-state index contributed by atoms with van der Waals surface area (Å²) in [7, 11) is 1.46. The van der Waals surface area contributed by atoms with Gasteiger partial charge in [-0.1, -0.05) is 23.4 Å². The number of ether oxygens (including phenoxy) is 1. The molecule has 2 N–H and O–H groups in total. The summed E-state index contributed by atoms with van der Waals surface area (Å²) in [6, 6.07) is 15.7. The van der Waals surface area contributed by atoms with Gasteiger partial charge in [-0.15, -0.1) is 10.2 Å². The standard InChI is InChI=1S/C23H19ClN6O3S/c1-33-20-12-15(2-7-19(20)31)13-26-27-21(32)14-34-23-29-28-22(16-8-10-25-11-9-16)30(23)18-5-3-17(24)4-6-18/h2-13,31H,14H2,1H3,(H,27,32). The SMILES string of the molecule is COc1cc(C=NNC(=O)CSc2nnc(-c3ccncc3)n2-c2ccc(Cl)cc2)ccc1O. The number of carbonyl (C=O) groups is 1. The molecule has 0 atom stereocenters. The van der Waals surface area contributed by atoms with E-state index in [4.69, 9.17) is 16.3 Å². The molecule has 0 unspecified atom stereocenters. The molecule has 9 nitrogen and oxygen atoms in total. The number of amides is 1. The van der Waals surface area contributed by atoms with Crippen LogP contribution in [0.5, 0.6) is 11.5 Å². The van der Waals surface area contributed by atoms with Crippen LogP contribution in [-0.4, -0.2) is 49.8 Å². The Bertz CT molecular complexity index is 1310. The average Bonchev–Trinajstić information content (AvgIpc) is 3.29. The Hall–Kier alpha value is -3.89. The van der Waals surface area contributed by atoms with E-state index in [1.54, 1.807) is 36.7 Å². The highest BCUT2D eigenvalue weighted by Gasteiger charge is 2.17. The summed E-state index contributed by atoms with van der Waals surface area (Å²) >= 11 is 7.28. The van der Waals surface area contributed by atoms with Crippen LogP contribution in [0.25, 0.3) is 17.1 Å². The molecule has 0 aliphatic carbocycles. The Balaban J connectivity index is 1.48. The van der Waals surface area contributed by atoms with Crippen LogP contribution in [0, 0.1) is 0 Å². The maximum atomic E-state index is 12.4. The van der Waals surface area contributed by atoms with Crippen molar-refractivity contribution in [3.05, 3.63) is 77.6 Å². The van der Waals surface area contributed by atoms with Crippen molar-refractivity contribution in [2.45, 2.75) is 5.16 Å². The molecule has 34 heavy (non-hydrogen) atoms. The van der Waals surface area contributed by atoms with Crippen LogP contribution in [0.15, 0.2) is 77.2 Å². The minimum Gasteiger partial charge on any atom is -0.504 e. The molecule has 2 aromatic heterocycles. The second-order valence-electron chi connectivity index (χ2n) is 6.87. The topological polar surface area (TPSA) is 115 Å². The van der Waals surface area contributed by atoms with E-state index in [2.05, 4.69) is 25.7 Å². The van der Waals surface area contributed by atoms with Gasteiger partial charge in [-0.05, 0) is 60.2 Å². The highest BCUT2D eigenvalue weighted by molar-refractivity contribution is 7.99. The lowest BCUT2D eigenvalue weighted by Crippen LogP contribution is -2.20. The number of carbonyl (C=O) groups excluding carboxylic acids is 1. The first-order valence-electron chi connectivity index (χ1n) is 9.98. The van der Waals surface area contributed by atoms with Crippen LogP contribution < -0.4 is 10.2 Å². The quantitative estimate of drug-likeness (QED) is 0.216. The Morgan fingerprint density at radius 2 is 1.94 bits per heavy atom. The largest absolute Gasteiger partial charge is 0.504 e. The van der Waals surface area contributed by atoms with Crippen molar-refractivity contribution in [2.75, 3.05) is 12.9 Å². The van der Waals surface area contributed by atoms with E-state index in [0.29, 0.717) is 27.3 Å². The van der Waals surface area contributed by atoms with Crippen LogP contribution in [-0.2, 0) is 4.79 Å². The minimum absolute atomic E-state index is 0.0241. The smallest absolute Gasteiger partial charge is 0.250 e. The van der Waals surface area contributed by atoms with Crippen molar-refractivity contribution in [1.29, 1.82) is 0 Å². The predicted octanol–water partition coefficient (Wildman–Crippen LogP) is 3.94. The van der Waals surface area contributed by atoms with Gasteiger partial charge in [0, 0.05) is 28.7 Å². The van der Waals surface area contributed by atoms with Crippen molar-refractivity contribution in [2.24, 2.45) is 5.10 Å². The van der Waals surface area contributed by atoms with Crippen molar-refractivity contribution >= 4 is 35.5 Å². The maximum absolute atomic E-state index is 12.4. The summed E-state index contributed by atoms with van der Waals surface area (Å²) in [4.78, 5) is 16.4. The number of aromatic nitrogens is 4. The lowest BCUT2D eigenvalue weighted by molar-refractivity contribution is -0.118. The summed E-state index contributed by atoms with van der Waals surface area (Å²) in [6.45, 7) is 0. The molecular formula is C23H19ClN6O3S. The summed E-state index contributed by atoms with van der Waals surface area (Å²) in [5, 5.41) is 23.4. The van der Waals surface area contributed by atoms with E-state index >= 15 is 0 Å². The third kappa shape index (κ3) is 5.53. The molecule has 0 saturated carbocycles. The first kappa shape index (κ1) is 23.3. The van der Waals surface area contributed by atoms with E-state index in [0.717, 1.165) is 11.3 Å². The molecule has 2 aromatic carbocycles. The monoisotopic (exact) mass is 494 g/mol. The lowest BCUT2D eigenvalue weighted by atomic mass is 10.2. The fourth-order valence-corrected chi connectivity index (χ4v) is 3.86. The lowest BCUT2D eigenvalue weighted by Gasteiger charge is -2.10. The first-order valence-corrected chi connectivity index (χ1v) is 11.3. The average molecular weight is 495 g/mol. The number of hydrogen-bond donors (Lipinski definition) is 2. The molecule has 0 saturated heterocycles. The molecule has 2 heterocycles. The van der Waals surface area contributed by atoms with Crippen molar-refractivity contribution < 1.29 is 14.6 Å². The number of pyridine rings is 1. The number of phenolic OH excluding ortho intramolecular Hbond substituents is 1. The highest BCUT2D eigenvalue weighted by Crippen LogP contribution is 2.28. The van der Waals surface area contributed by atoms with Crippen LogP contribution in [0.3, 0.4) is 0 Å². The van der Waals surface area contributed by atoms with E-state index in [1.165, 1.54) is 31.2 Å². The number of aromatic hydroxyl groups is 1. The zero-order valence-corrected chi connectivity index (χ0v) is 19.5. The first-order chi connectivity index (χ1) is 16.5. The van der Waals surface area contributed by atoms with Gasteiger partial charge in [0.25, 0.3) is 5.91 Å². The Labute approximate surface area is 204 Å². The zero-order chi connectivity index (χ0) is 23.9. The van der Waals surface area contributed by atoms with Gasteiger partial charge in [0.2, 0.25) is 0 Å². The molecule has 0 aliphatic heterocycles. The molecule has 1 amide bonds. The Kier molecular flexibility index (Phi) is 7.41. The molecule has 0 spiro atoms. The van der Waals surface area contributed by atoms with E-state index < -0.39 is 0 Å². The number of phenols is 1. The van der Waals surface area contributed by atoms with Crippen molar-refractivity contribution in [3.63, 3.8) is 0 Å². The highest BCUT2D eigenvalue weighted by atomic mass is 35.5. The van der Waals surface area contributed by atoms with Gasteiger partial charge in [0.05, 0.1) is 19.1 Å². The number of nitrogens with zero attached hydrogens (tertiary/aromatic N) is 5. The predicted molar refractivity (Wildman–Crippen MR) is 131 cm³/mol. The minimum atomic E-state index is -0.317. The normalized spacial score (nSPS) is 11.0. The van der Waals surface area contributed by atoms with Crippen LogP contribution in [0.2, 0.25) is 5.02 Å². The number of hydrogen-bond acceptors (Lipinski definition) is 8. The summed E-state index contributed by atoms with van der Waals surface area (Å²) in [5.41, 5.74) is 4.79.